The molecule has 2 aromatic heterocycles. The maximum atomic E-state index is 13.0. The molecular formula is C26H24N4O4S4. The van der Waals surface area contributed by atoms with Gasteiger partial charge in [0.2, 0.25) is 0 Å². The van der Waals surface area contributed by atoms with Crippen LogP contribution in [0.1, 0.15) is 11.1 Å². The number of rotatable bonds is 6. The summed E-state index contributed by atoms with van der Waals surface area (Å²) in [6.07, 6.45) is 0. The first-order valence-corrected chi connectivity index (χ1v) is 16.4. The van der Waals surface area contributed by atoms with Crippen molar-refractivity contribution in [1.29, 1.82) is 0 Å². The maximum absolute atomic E-state index is 13.0. The first-order valence-electron chi connectivity index (χ1n) is 11.7. The van der Waals surface area contributed by atoms with Crippen LogP contribution in [0.25, 0.3) is 0 Å². The third-order valence-electron chi connectivity index (χ3n) is 5.85. The van der Waals surface area contributed by atoms with Crippen LogP contribution in [0.4, 0.5) is 0 Å². The van der Waals surface area contributed by atoms with Crippen LogP contribution in [0.5, 0.6) is 0 Å². The third kappa shape index (κ3) is 5.88. The molecule has 0 aliphatic carbocycles. The molecule has 1 aliphatic rings. The number of benzene rings is 2. The summed E-state index contributed by atoms with van der Waals surface area (Å²) in [6, 6.07) is 24.9. The fourth-order valence-corrected chi connectivity index (χ4v) is 8.03. The van der Waals surface area contributed by atoms with Crippen LogP contribution in [-0.4, -0.2) is 64.5 Å². The minimum Gasteiger partial charge on any atom is -0.352 e. The van der Waals surface area contributed by atoms with Crippen LogP contribution in [0, 0.1) is 0 Å². The lowest BCUT2D eigenvalue weighted by molar-refractivity contribution is 0.260. The predicted molar refractivity (Wildman–Crippen MR) is 152 cm³/mol. The molecule has 0 atom stereocenters. The molecule has 0 spiro atoms. The lowest BCUT2D eigenvalue weighted by atomic mass is 10.1. The average molecular weight is 585 g/mol. The average Bonchev–Trinajstić information content (AvgIpc) is 3.68. The monoisotopic (exact) mass is 584 g/mol. The molecule has 0 N–H and O–H groups in total. The Morgan fingerprint density at radius 2 is 0.921 bits per heavy atom. The number of sulfonamides is 2. The molecule has 0 saturated carbocycles. The molecule has 8 nitrogen and oxygen atoms in total. The normalized spacial score (nSPS) is 15.6. The van der Waals surface area contributed by atoms with Gasteiger partial charge >= 0.3 is 0 Å². The lowest BCUT2D eigenvalue weighted by Gasteiger charge is -2.38. The fraction of sp³-hybridized carbons (Fsp3) is 0.154. The molecule has 196 valence electrons. The van der Waals surface area contributed by atoms with Crippen molar-refractivity contribution in [2.45, 2.75) is 8.42 Å². The highest BCUT2D eigenvalue weighted by atomic mass is 32.3. The van der Waals surface area contributed by atoms with Gasteiger partial charge in [-0.2, -0.15) is 16.8 Å². The van der Waals surface area contributed by atoms with Gasteiger partial charge in [0.25, 0.3) is 20.0 Å². The molecule has 0 radical (unpaired) electrons. The van der Waals surface area contributed by atoms with E-state index in [9.17, 15) is 16.8 Å². The van der Waals surface area contributed by atoms with Crippen molar-refractivity contribution in [3.63, 3.8) is 0 Å². The number of hydrogen-bond acceptors (Lipinski definition) is 6. The second-order valence-corrected chi connectivity index (χ2v) is 13.9. The Balaban J connectivity index is 1.46. The van der Waals surface area contributed by atoms with Crippen LogP contribution in [0.2, 0.25) is 0 Å². The van der Waals surface area contributed by atoms with E-state index < -0.39 is 20.0 Å². The number of thiophene rings is 2. The molecule has 0 unspecified atom stereocenters. The largest absolute Gasteiger partial charge is 0.352 e. The summed E-state index contributed by atoms with van der Waals surface area (Å²) in [5.74, 6) is 0.728. The molecule has 1 saturated heterocycles. The summed E-state index contributed by atoms with van der Waals surface area (Å²) in [5, 5.41) is 3.41. The Hall–Kier alpha value is -3.32. The number of nitrogens with zero attached hydrogens (tertiary/aromatic N) is 4. The van der Waals surface area contributed by atoms with E-state index in [-0.39, 0.29) is 8.42 Å². The van der Waals surface area contributed by atoms with Crippen molar-refractivity contribution in [2.75, 3.05) is 26.2 Å². The highest BCUT2D eigenvalue weighted by molar-refractivity contribution is 7.92. The smallest absolute Gasteiger partial charge is 0.293 e. The predicted octanol–water partition coefficient (Wildman–Crippen LogP) is 4.40. The molecule has 3 heterocycles. The van der Waals surface area contributed by atoms with Gasteiger partial charge in [-0.05, 0) is 22.9 Å². The highest BCUT2D eigenvalue weighted by Crippen LogP contribution is 2.23. The van der Waals surface area contributed by atoms with E-state index in [0.29, 0.717) is 49.0 Å². The van der Waals surface area contributed by atoms with Gasteiger partial charge in [0.15, 0.2) is 0 Å². The van der Waals surface area contributed by atoms with Gasteiger partial charge in [0, 0.05) is 37.3 Å². The van der Waals surface area contributed by atoms with E-state index in [4.69, 9.17) is 0 Å². The molecule has 1 aliphatic heterocycles. The van der Waals surface area contributed by atoms with E-state index in [0.717, 1.165) is 22.7 Å². The van der Waals surface area contributed by atoms with Crippen LogP contribution in [0.3, 0.4) is 0 Å². The van der Waals surface area contributed by atoms with E-state index in [1.165, 1.54) is 0 Å². The minimum atomic E-state index is -3.89. The van der Waals surface area contributed by atoms with Crippen molar-refractivity contribution in [1.82, 2.24) is 9.80 Å². The second-order valence-electron chi connectivity index (χ2n) is 8.35. The van der Waals surface area contributed by atoms with Crippen molar-refractivity contribution in [2.24, 2.45) is 8.80 Å². The summed E-state index contributed by atoms with van der Waals surface area (Å²) in [6.45, 7) is 1.72. The van der Waals surface area contributed by atoms with Crippen molar-refractivity contribution in [3.05, 3.63) is 107 Å². The van der Waals surface area contributed by atoms with Gasteiger partial charge in [-0.1, -0.05) is 72.8 Å². The standard InChI is InChI=1S/C26H24N4O4S4/c31-37(32,23-13-7-19-35-23)27-25(21-9-3-1-4-10-21)29-15-17-30(18-16-29)26(22-11-5-2-6-12-22)28-38(33,34)24-14-8-20-36-24/h1-14,19-20H,15-18H2/b27-25-,28-26-. The van der Waals surface area contributed by atoms with E-state index in [1.54, 1.807) is 35.0 Å². The topological polar surface area (TPSA) is 99.5 Å². The van der Waals surface area contributed by atoms with E-state index >= 15 is 0 Å². The summed E-state index contributed by atoms with van der Waals surface area (Å²) in [4.78, 5) is 3.85. The van der Waals surface area contributed by atoms with Crippen LogP contribution in [0.15, 0.2) is 113 Å². The molecule has 1 fully saturated rings. The van der Waals surface area contributed by atoms with Gasteiger partial charge in [0.05, 0.1) is 0 Å². The zero-order valence-electron chi connectivity index (χ0n) is 20.1. The summed E-state index contributed by atoms with van der Waals surface area (Å²) >= 11 is 2.25. The second kappa shape index (κ2) is 11.2. The van der Waals surface area contributed by atoms with E-state index in [1.807, 2.05) is 70.5 Å². The fourth-order valence-electron chi connectivity index (χ4n) is 4.03. The van der Waals surface area contributed by atoms with Gasteiger partial charge < -0.3 is 9.80 Å². The third-order valence-corrected chi connectivity index (χ3v) is 11.1. The molecule has 5 rings (SSSR count). The molecule has 4 aromatic rings. The first kappa shape index (κ1) is 26.3. The maximum Gasteiger partial charge on any atom is 0.293 e. The lowest BCUT2D eigenvalue weighted by Crippen LogP contribution is -2.51. The summed E-state index contributed by atoms with van der Waals surface area (Å²) in [7, 11) is -7.77. The summed E-state index contributed by atoms with van der Waals surface area (Å²) in [5.41, 5.74) is 1.39. The number of amidine groups is 2. The van der Waals surface area contributed by atoms with Gasteiger partial charge in [0.1, 0.15) is 20.1 Å². The Bertz CT molecular complexity index is 1500. The van der Waals surface area contributed by atoms with Crippen LogP contribution >= 0.6 is 22.7 Å². The molecule has 0 bridgehead atoms. The SMILES string of the molecule is O=S(=O)(/N=C(/c1ccccc1)N1CCN(/C(=N\S(=O)(=O)c2cccs2)c2ccccc2)CC1)c1cccs1. The Labute approximate surface area is 230 Å². The van der Waals surface area contributed by atoms with Gasteiger partial charge in [-0.3, -0.25) is 0 Å². The van der Waals surface area contributed by atoms with Crippen LogP contribution < -0.4 is 0 Å². The van der Waals surface area contributed by atoms with Crippen molar-refractivity contribution >= 4 is 54.4 Å². The van der Waals surface area contributed by atoms with Crippen molar-refractivity contribution < 1.29 is 16.8 Å². The molecular weight excluding hydrogens is 561 g/mol. The summed E-state index contributed by atoms with van der Waals surface area (Å²) < 4.78 is 61.1. The Kier molecular flexibility index (Phi) is 7.75. The van der Waals surface area contributed by atoms with Crippen molar-refractivity contribution in [3.8, 4) is 0 Å². The quantitative estimate of drug-likeness (QED) is 0.246. The minimum absolute atomic E-state index is 0.182. The van der Waals surface area contributed by atoms with Crippen LogP contribution in [-0.2, 0) is 20.0 Å². The number of piperazine rings is 1. The molecule has 2 aromatic carbocycles. The zero-order chi connectivity index (χ0) is 26.6. The Morgan fingerprint density at radius 3 is 1.24 bits per heavy atom. The van der Waals surface area contributed by atoms with E-state index in [2.05, 4.69) is 8.80 Å². The first-order chi connectivity index (χ1) is 18.3. The van der Waals surface area contributed by atoms with Gasteiger partial charge in [-0.25, -0.2) is 0 Å². The van der Waals surface area contributed by atoms with Gasteiger partial charge in [-0.15, -0.1) is 31.5 Å². The molecule has 12 heteroatoms. The Morgan fingerprint density at radius 1 is 0.553 bits per heavy atom. The molecule has 38 heavy (non-hydrogen) atoms. The number of hydrogen-bond donors (Lipinski definition) is 0. The molecule has 0 amide bonds. The zero-order valence-corrected chi connectivity index (χ0v) is 23.4. The highest BCUT2D eigenvalue weighted by Gasteiger charge is 2.28.